The van der Waals surface area contributed by atoms with E-state index < -0.39 is 0 Å². The standard InChI is InChI=1S/C18H24N4O3/c1-4-16-20-17(25-21-16)9-19-15-7-5-14(6-8-15)18(23)22-10-12(2)24-13(3)11-22/h5-8,12-13,19H,4,9-11H2,1-3H3/t12-,13+. The van der Waals surface area contributed by atoms with Crippen LogP contribution >= 0.6 is 0 Å². The highest BCUT2D eigenvalue weighted by Crippen LogP contribution is 2.16. The highest BCUT2D eigenvalue weighted by Gasteiger charge is 2.26. The zero-order valence-corrected chi connectivity index (χ0v) is 14.9. The minimum atomic E-state index is 0.0399. The quantitative estimate of drug-likeness (QED) is 0.897. The number of carbonyl (C=O) groups is 1. The van der Waals surface area contributed by atoms with E-state index in [0.29, 0.717) is 36.9 Å². The van der Waals surface area contributed by atoms with Gasteiger partial charge in [0.2, 0.25) is 5.89 Å². The molecule has 7 heteroatoms. The molecule has 1 aromatic carbocycles. The molecular weight excluding hydrogens is 320 g/mol. The maximum Gasteiger partial charge on any atom is 0.254 e. The van der Waals surface area contributed by atoms with Crippen LogP contribution < -0.4 is 5.32 Å². The van der Waals surface area contributed by atoms with Crippen molar-refractivity contribution in [1.82, 2.24) is 15.0 Å². The van der Waals surface area contributed by atoms with Gasteiger partial charge >= 0.3 is 0 Å². The fourth-order valence-corrected chi connectivity index (χ4v) is 2.94. The average Bonchev–Trinajstić information content (AvgIpc) is 3.07. The van der Waals surface area contributed by atoms with Crippen LogP contribution in [0.2, 0.25) is 0 Å². The van der Waals surface area contributed by atoms with Gasteiger partial charge in [-0.05, 0) is 38.1 Å². The van der Waals surface area contributed by atoms with E-state index in [-0.39, 0.29) is 18.1 Å². The van der Waals surface area contributed by atoms with Crippen LogP contribution in [-0.2, 0) is 17.7 Å². The Bertz CT molecular complexity index is 703. The van der Waals surface area contributed by atoms with E-state index >= 15 is 0 Å². The Morgan fingerprint density at radius 1 is 1.24 bits per heavy atom. The fourth-order valence-electron chi connectivity index (χ4n) is 2.94. The van der Waals surface area contributed by atoms with Crippen molar-refractivity contribution in [2.75, 3.05) is 18.4 Å². The van der Waals surface area contributed by atoms with E-state index in [2.05, 4.69) is 15.5 Å². The van der Waals surface area contributed by atoms with Gasteiger partial charge in [-0.2, -0.15) is 4.98 Å². The lowest BCUT2D eigenvalue weighted by Gasteiger charge is -2.35. The summed E-state index contributed by atoms with van der Waals surface area (Å²) < 4.78 is 10.8. The lowest BCUT2D eigenvalue weighted by molar-refractivity contribution is -0.0586. The Kier molecular flexibility index (Phi) is 5.33. The summed E-state index contributed by atoms with van der Waals surface area (Å²) in [6.07, 6.45) is 0.881. The second-order valence-electron chi connectivity index (χ2n) is 6.36. The molecule has 2 heterocycles. The molecule has 1 aliphatic rings. The molecule has 25 heavy (non-hydrogen) atoms. The van der Waals surface area contributed by atoms with Gasteiger partial charge in [0.15, 0.2) is 5.82 Å². The molecule has 3 rings (SSSR count). The van der Waals surface area contributed by atoms with Crippen LogP contribution in [-0.4, -0.2) is 46.2 Å². The number of rotatable bonds is 5. The first kappa shape index (κ1) is 17.4. The van der Waals surface area contributed by atoms with Crippen molar-refractivity contribution in [3.05, 3.63) is 41.5 Å². The summed E-state index contributed by atoms with van der Waals surface area (Å²) in [4.78, 5) is 18.7. The number of morpholine rings is 1. The first-order valence-electron chi connectivity index (χ1n) is 8.65. The number of hydrogen-bond donors (Lipinski definition) is 1. The second-order valence-corrected chi connectivity index (χ2v) is 6.36. The number of aryl methyl sites for hydroxylation is 1. The maximum absolute atomic E-state index is 12.6. The van der Waals surface area contributed by atoms with Crippen molar-refractivity contribution in [3.63, 3.8) is 0 Å². The first-order chi connectivity index (χ1) is 12.0. The normalized spacial score (nSPS) is 20.5. The minimum absolute atomic E-state index is 0.0399. The van der Waals surface area contributed by atoms with Gasteiger partial charge in [-0.3, -0.25) is 4.79 Å². The molecule has 0 radical (unpaired) electrons. The molecule has 1 saturated heterocycles. The molecule has 0 bridgehead atoms. The van der Waals surface area contributed by atoms with Crippen LogP contribution in [0.3, 0.4) is 0 Å². The Morgan fingerprint density at radius 3 is 2.52 bits per heavy atom. The zero-order valence-electron chi connectivity index (χ0n) is 14.9. The lowest BCUT2D eigenvalue weighted by atomic mass is 10.1. The van der Waals surface area contributed by atoms with Crippen LogP contribution in [0.5, 0.6) is 0 Å². The molecule has 0 aliphatic carbocycles. The van der Waals surface area contributed by atoms with Crippen LogP contribution in [0.1, 0.15) is 42.8 Å². The maximum atomic E-state index is 12.6. The first-order valence-corrected chi connectivity index (χ1v) is 8.65. The van der Waals surface area contributed by atoms with Crippen molar-refractivity contribution < 1.29 is 14.1 Å². The number of aromatic nitrogens is 2. The molecule has 1 fully saturated rings. The fraction of sp³-hybridized carbons (Fsp3) is 0.500. The molecule has 1 aromatic heterocycles. The third-order valence-electron chi connectivity index (χ3n) is 4.11. The minimum Gasteiger partial charge on any atom is -0.376 e. The largest absolute Gasteiger partial charge is 0.376 e. The molecule has 0 spiro atoms. The van der Waals surface area contributed by atoms with Crippen molar-refractivity contribution >= 4 is 11.6 Å². The van der Waals surface area contributed by atoms with Gasteiger partial charge in [0, 0.05) is 30.8 Å². The Hall–Kier alpha value is -2.41. The number of nitrogens with one attached hydrogen (secondary N) is 1. The molecule has 1 aliphatic heterocycles. The molecule has 1 amide bonds. The van der Waals surface area contributed by atoms with Gasteiger partial charge in [-0.15, -0.1) is 0 Å². The number of benzene rings is 1. The van der Waals surface area contributed by atoms with Crippen molar-refractivity contribution in [3.8, 4) is 0 Å². The van der Waals surface area contributed by atoms with E-state index in [1.807, 2.05) is 49.9 Å². The van der Waals surface area contributed by atoms with Gasteiger partial charge < -0.3 is 19.5 Å². The van der Waals surface area contributed by atoms with Crippen molar-refractivity contribution in [2.45, 2.75) is 45.9 Å². The van der Waals surface area contributed by atoms with Crippen molar-refractivity contribution in [2.24, 2.45) is 0 Å². The average molecular weight is 344 g/mol. The Labute approximate surface area is 147 Å². The highest BCUT2D eigenvalue weighted by atomic mass is 16.5. The van der Waals surface area contributed by atoms with Crippen LogP contribution in [0.4, 0.5) is 5.69 Å². The van der Waals surface area contributed by atoms with Crippen LogP contribution in [0.15, 0.2) is 28.8 Å². The predicted molar refractivity (Wildman–Crippen MR) is 93.4 cm³/mol. The topological polar surface area (TPSA) is 80.5 Å². The molecular formula is C18H24N4O3. The number of anilines is 1. The SMILES string of the molecule is CCc1noc(CNc2ccc(C(=O)N3C[C@@H](C)O[C@@H](C)C3)cc2)n1. The smallest absolute Gasteiger partial charge is 0.254 e. The number of ether oxygens (including phenoxy) is 1. The monoisotopic (exact) mass is 344 g/mol. The lowest BCUT2D eigenvalue weighted by Crippen LogP contribution is -2.48. The van der Waals surface area contributed by atoms with E-state index in [1.165, 1.54) is 0 Å². The molecule has 134 valence electrons. The van der Waals surface area contributed by atoms with E-state index in [0.717, 1.165) is 12.1 Å². The number of carbonyl (C=O) groups excluding carboxylic acids is 1. The molecule has 7 nitrogen and oxygen atoms in total. The second kappa shape index (κ2) is 7.65. The van der Waals surface area contributed by atoms with Crippen LogP contribution in [0, 0.1) is 0 Å². The molecule has 1 N–H and O–H groups in total. The Morgan fingerprint density at radius 2 is 1.92 bits per heavy atom. The zero-order chi connectivity index (χ0) is 17.8. The van der Waals surface area contributed by atoms with Crippen LogP contribution in [0.25, 0.3) is 0 Å². The summed E-state index contributed by atoms with van der Waals surface area (Å²) in [7, 11) is 0. The third-order valence-corrected chi connectivity index (χ3v) is 4.11. The number of hydrogen-bond acceptors (Lipinski definition) is 6. The van der Waals surface area contributed by atoms with Gasteiger partial charge in [-0.25, -0.2) is 0 Å². The summed E-state index contributed by atoms with van der Waals surface area (Å²) in [5.41, 5.74) is 1.58. The summed E-state index contributed by atoms with van der Waals surface area (Å²) in [5.74, 6) is 1.29. The van der Waals surface area contributed by atoms with Gasteiger partial charge in [0.25, 0.3) is 5.91 Å². The summed E-state index contributed by atoms with van der Waals surface area (Å²) in [6, 6.07) is 7.44. The van der Waals surface area contributed by atoms with Crippen molar-refractivity contribution in [1.29, 1.82) is 0 Å². The third kappa shape index (κ3) is 4.36. The highest BCUT2D eigenvalue weighted by molar-refractivity contribution is 5.94. The van der Waals surface area contributed by atoms with E-state index in [4.69, 9.17) is 9.26 Å². The Balaban J connectivity index is 1.58. The summed E-state index contributed by atoms with van der Waals surface area (Å²) >= 11 is 0. The van der Waals surface area contributed by atoms with Gasteiger partial charge in [-0.1, -0.05) is 12.1 Å². The summed E-state index contributed by atoms with van der Waals surface area (Å²) in [6.45, 7) is 7.67. The molecule has 2 aromatic rings. The van der Waals surface area contributed by atoms with Gasteiger partial charge in [0.05, 0.1) is 18.8 Å². The van der Waals surface area contributed by atoms with Gasteiger partial charge in [0.1, 0.15) is 0 Å². The number of amides is 1. The predicted octanol–water partition coefficient (Wildman–Crippen LogP) is 2.49. The summed E-state index contributed by atoms with van der Waals surface area (Å²) in [5, 5.41) is 7.08. The molecule has 2 atom stereocenters. The molecule has 0 saturated carbocycles. The number of nitrogens with zero attached hydrogens (tertiary/aromatic N) is 3. The van der Waals surface area contributed by atoms with E-state index in [9.17, 15) is 4.79 Å². The molecule has 0 unspecified atom stereocenters. The van der Waals surface area contributed by atoms with E-state index in [1.54, 1.807) is 0 Å².